The van der Waals surface area contributed by atoms with E-state index in [1.54, 1.807) is 24.3 Å². The van der Waals surface area contributed by atoms with Gasteiger partial charge in [0.25, 0.3) is 0 Å². The van der Waals surface area contributed by atoms with Crippen molar-refractivity contribution in [2.45, 2.75) is 0 Å². The maximum absolute atomic E-state index is 12.2. The minimum Gasteiger partial charge on any atom is -0.507 e. The fourth-order valence-electron chi connectivity index (χ4n) is 2.66. The summed E-state index contributed by atoms with van der Waals surface area (Å²) in [7, 11) is 0. The number of hydrogen-bond acceptors (Lipinski definition) is 3. The number of rotatable bonds is 1. The van der Waals surface area contributed by atoms with Crippen molar-refractivity contribution >= 4 is 21.7 Å². The maximum Gasteiger partial charge on any atom is 0.193 e. The Balaban J connectivity index is 2.02. The minimum atomic E-state index is -0.121. The van der Waals surface area contributed by atoms with Crippen molar-refractivity contribution < 1.29 is 9.52 Å². The average Bonchev–Trinajstić information content (AvgIpc) is 2.54. The highest BCUT2D eigenvalue weighted by Gasteiger charge is 2.11. The van der Waals surface area contributed by atoms with Crippen LogP contribution in [-0.4, -0.2) is 5.11 Å². The van der Waals surface area contributed by atoms with Crippen LogP contribution in [0.3, 0.4) is 0 Å². The van der Waals surface area contributed by atoms with Crippen LogP contribution < -0.4 is 5.43 Å². The smallest absolute Gasteiger partial charge is 0.193 e. The normalized spacial score (nSPS) is 11.1. The third-order valence-corrected chi connectivity index (χ3v) is 3.76. The van der Waals surface area contributed by atoms with Crippen molar-refractivity contribution in [1.82, 2.24) is 0 Å². The molecule has 22 heavy (non-hydrogen) atoms. The molecule has 0 amide bonds. The van der Waals surface area contributed by atoms with Crippen LogP contribution in [0.5, 0.6) is 5.75 Å². The van der Waals surface area contributed by atoms with Gasteiger partial charge in [-0.3, -0.25) is 4.79 Å². The van der Waals surface area contributed by atoms with Crippen LogP contribution in [0.25, 0.3) is 33.1 Å². The highest BCUT2D eigenvalue weighted by Crippen LogP contribution is 2.33. The predicted octanol–water partition coefficient (Wildman–Crippen LogP) is 4.32. The molecule has 0 saturated carbocycles. The van der Waals surface area contributed by atoms with Crippen molar-refractivity contribution in [3.63, 3.8) is 0 Å². The molecule has 0 aliphatic rings. The van der Waals surface area contributed by atoms with Gasteiger partial charge in [0.2, 0.25) is 0 Å². The molecule has 1 N–H and O–H groups in total. The zero-order valence-electron chi connectivity index (χ0n) is 11.6. The highest BCUT2D eigenvalue weighted by molar-refractivity contribution is 5.90. The first-order valence-corrected chi connectivity index (χ1v) is 6.97. The van der Waals surface area contributed by atoms with Gasteiger partial charge in [-0.15, -0.1) is 0 Å². The Morgan fingerprint density at radius 3 is 2.32 bits per heavy atom. The van der Waals surface area contributed by atoms with E-state index < -0.39 is 0 Å². The molecule has 3 aromatic carbocycles. The van der Waals surface area contributed by atoms with Gasteiger partial charge in [0, 0.05) is 6.07 Å². The lowest BCUT2D eigenvalue weighted by Gasteiger charge is -2.07. The van der Waals surface area contributed by atoms with Crippen LogP contribution in [0.15, 0.2) is 75.9 Å². The molecule has 0 atom stereocenters. The lowest BCUT2D eigenvalue weighted by atomic mass is 10.0. The molecule has 4 rings (SSSR count). The molecule has 0 saturated heterocycles. The van der Waals surface area contributed by atoms with Crippen molar-refractivity contribution in [1.29, 1.82) is 0 Å². The monoisotopic (exact) mass is 288 g/mol. The average molecular weight is 288 g/mol. The summed E-state index contributed by atoms with van der Waals surface area (Å²) in [4.78, 5) is 12.2. The molecule has 4 aromatic rings. The van der Waals surface area contributed by atoms with E-state index in [9.17, 15) is 9.90 Å². The molecule has 3 heteroatoms. The Morgan fingerprint density at radius 2 is 1.50 bits per heavy atom. The number of hydrogen-bond donors (Lipinski definition) is 1. The van der Waals surface area contributed by atoms with Gasteiger partial charge >= 0.3 is 0 Å². The van der Waals surface area contributed by atoms with Gasteiger partial charge in [-0.2, -0.15) is 0 Å². The molecule has 106 valence electrons. The third-order valence-electron chi connectivity index (χ3n) is 3.76. The molecule has 1 aromatic heterocycles. The second-order valence-corrected chi connectivity index (χ2v) is 5.19. The van der Waals surface area contributed by atoms with E-state index in [1.807, 2.05) is 36.4 Å². The Labute approximate surface area is 126 Å². The SMILES string of the molecule is O=c1cc(-c2cc3ccccc3cc2O)oc2ccccc12. The van der Waals surface area contributed by atoms with E-state index in [1.165, 1.54) is 6.07 Å². The van der Waals surface area contributed by atoms with Gasteiger partial charge in [0.15, 0.2) is 5.43 Å². The van der Waals surface area contributed by atoms with Crippen molar-refractivity contribution in [2.24, 2.45) is 0 Å². The number of para-hydroxylation sites is 1. The standard InChI is InChI=1S/C19H12O3/c20-16-10-13-6-2-1-5-12(13)9-15(16)19-11-17(21)14-7-3-4-8-18(14)22-19/h1-11,20H. The summed E-state index contributed by atoms with van der Waals surface area (Å²) in [5.41, 5.74) is 0.906. The summed E-state index contributed by atoms with van der Waals surface area (Å²) in [6, 6.07) is 19.7. The molecule has 0 aliphatic carbocycles. The molecule has 1 heterocycles. The molecule has 0 radical (unpaired) electrons. The van der Waals surface area contributed by atoms with Gasteiger partial charge in [0.05, 0.1) is 10.9 Å². The number of benzene rings is 3. The van der Waals surface area contributed by atoms with Gasteiger partial charge in [-0.1, -0.05) is 36.4 Å². The first kappa shape index (κ1) is 12.7. The van der Waals surface area contributed by atoms with Crippen molar-refractivity contribution in [2.75, 3.05) is 0 Å². The molecule has 3 nitrogen and oxygen atoms in total. The first-order valence-electron chi connectivity index (χ1n) is 6.97. The number of phenols is 1. The van der Waals surface area contributed by atoms with Gasteiger partial charge in [-0.05, 0) is 35.0 Å². The topological polar surface area (TPSA) is 50.4 Å². The Hall–Kier alpha value is -3.07. The number of phenolic OH excluding ortho intramolecular Hbond substituents is 1. The van der Waals surface area contributed by atoms with E-state index in [-0.39, 0.29) is 11.2 Å². The van der Waals surface area contributed by atoms with Gasteiger partial charge in [0.1, 0.15) is 17.1 Å². The fraction of sp³-hybridized carbons (Fsp3) is 0. The van der Waals surface area contributed by atoms with Crippen LogP contribution >= 0.6 is 0 Å². The summed E-state index contributed by atoms with van der Waals surface area (Å²) in [5, 5.41) is 12.7. The van der Waals surface area contributed by atoms with Crippen LogP contribution in [-0.2, 0) is 0 Å². The summed E-state index contributed by atoms with van der Waals surface area (Å²) in [6.07, 6.45) is 0. The minimum absolute atomic E-state index is 0.0946. The Morgan fingerprint density at radius 1 is 0.818 bits per heavy atom. The zero-order chi connectivity index (χ0) is 15.1. The van der Waals surface area contributed by atoms with Crippen LogP contribution in [0.4, 0.5) is 0 Å². The van der Waals surface area contributed by atoms with Crippen molar-refractivity contribution in [3.05, 3.63) is 77.0 Å². The molecule has 0 unspecified atom stereocenters. The van der Waals surface area contributed by atoms with E-state index in [4.69, 9.17) is 4.42 Å². The van der Waals surface area contributed by atoms with E-state index >= 15 is 0 Å². The van der Waals surface area contributed by atoms with Crippen LogP contribution in [0.1, 0.15) is 0 Å². The predicted molar refractivity (Wildman–Crippen MR) is 87.1 cm³/mol. The first-order chi connectivity index (χ1) is 10.7. The molecular formula is C19H12O3. The van der Waals surface area contributed by atoms with E-state index in [0.29, 0.717) is 22.3 Å². The number of fused-ring (bicyclic) bond motifs is 2. The quantitative estimate of drug-likeness (QED) is 0.567. The van der Waals surface area contributed by atoms with Crippen LogP contribution in [0, 0.1) is 0 Å². The highest BCUT2D eigenvalue weighted by atomic mass is 16.3. The lowest BCUT2D eigenvalue weighted by molar-refractivity contribution is 0.475. The van der Waals surface area contributed by atoms with Gasteiger partial charge < -0.3 is 9.52 Å². The molecular weight excluding hydrogens is 276 g/mol. The Kier molecular flexibility index (Phi) is 2.73. The summed E-state index contributed by atoms with van der Waals surface area (Å²) in [6.45, 7) is 0. The summed E-state index contributed by atoms with van der Waals surface area (Å²) >= 11 is 0. The third kappa shape index (κ3) is 1.95. The van der Waals surface area contributed by atoms with Crippen LogP contribution in [0.2, 0.25) is 0 Å². The van der Waals surface area contributed by atoms with E-state index in [2.05, 4.69) is 0 Å². The molecule has 0 spiro atoms. The molecule has 0 aliphatic heterocycles. The summed E-state index contributed by atoms with van der Waals surface area (Å²) < 4.78 is 5.80. The lowest BCUT2D eigenvalue weighted by Crippen LogP contribution is -2.00. The number of aromatic hydroxyl groups is 1. The Bertz CT molecular complexity index is 1060. The fourth-order valence-corrected chi connectivity index (χ4v) is 2.66. The zero-order valence-corrected chi connectivity index (χ0v) is 11.6. The molecule has 0 bridgehead atoms. The second-order valence-electron chi connectivity index (χ2n) is 5.19. The largest absolute Gasteiger partial charge is 0.507 e. The van der Waals surface area contributed by atoms with E-state index in [0.717, 1.165) is 10.8 Å². The summed E-state index contributed by atoms with van der Waals surface area (Å²) in [5.74, 6) is 0.462. The van der Waals surface area contributed by atoms with Crippen molar-refractivity contribution in [3.8, 4) is 17.1 Å². The maximum atomic E-state index is 12.2. The molecule has 0 fully saturated rings. The second kappa shape index (κ2) is 4.74. The van der Waals surface area contributed by atoms with Gasteiger partial charge in [-0.25, -0.2) is 0 Å².